The van der Waals surface area contributed by atoms with Gasteiger partial charge in [0.25, 0.3) is 0 Å². The van der Waals surface area contributed by atoms with Gasteiger partial charge in [-0.05, 0) is 30.4 Å². The van der Waals surface area contributed by atoms with Gasteiger partial charge in [0.05, 0.1) is 6.61 Å². The third kappa shape index (κ3) is 1.52. The van der Waals surface area contributed by atoms with Crippen LogP contribution in [0.1, 0.15) is 37.2 Å². The Morgan fingerprint density at radius 3 is 2.88 bits per heavy atom. The Bertz CT molecular complexity index is 377. The van der Waals surface area contributed by atoms with Crippen molar-refractivity contribution in [1.29, 1.82) is 0 Å². The molecule has 0 bridgehead atoms. The fourth-order valence-electron chi connectivity index (χ4n) is 3.44. The highest BCUT2D eigenvalue weighted by atomic mass is 16.3. The molecule has 1 fully saturated rings. The maximum atomic E-state index is 9.65. The van der Waals surface area contributed by atoms with Crippen molar-refractivity contribution in [3.63, 3.8) is 0 Å². The topological polar surface area (TPSA) is 32.3 Å². The van der Waals surface area contributed by atoms with Crippen LogP contribution in [0.4, 0.5) is 5.69 Å². The molecule has 1 heterocycles. The van der Waals surface area contributed by atoms with Crippen molar-refractivity contribution in [2.24, 2.45) is 5.92 Å². The lowest BCUT2D eigenvalue weighted by molar-refractivity contribution is 0.180. The minimum atomic E-state index is 0.292. The summed E-state index contributed by atoms with van der Waals surface area (Å²) in [5.41, 5.74) is 2.55. The average molecular weight is 217 g/mol. The van der Waals surface area contributed by atoms with Crippen molar-refractivity contribution in [3.8, 4) is 0 Å². The first kappa shape index (κ1) is 10.2. The number of fused-ring (bicyclic) bond motifs is 2. The highest BCUT2D eigenvalue weighted by molar-refractivity contribution is 5.56. The Labute approximate surface area is 96.7 Å². The summed E-state index contributed by atoms with van der Waals surface area (Å²) in [7, 11) is 0. The second-order valence-electron chi connectivity index (χ2n) is 5.08. The number of aliphatic hydroxyl groups is 1. The van der Waals surface area contributed by atoms with Crippen LogP contribution in [-0.2, 0) is 0 Å². The number of hydrogen-bond donors (Lipinski definition) is 2. The molecule has 1 aliphatic carbocycles. The fraction of sp³-hybridized carbons (Fsp3) is 0.571. The summed E-state index contributed by atoms with van der Waals surface area (Å²) < 4.78 is 0. The molecule has 86 valence electrons. The zero-order chi connectivity index (χ0) is 11.0. The molecule has 1 aromatic rings. The molecule has 0 spiro atoms. The molecular weight excluding hydrogens is 198 g/mol. The van der Waals surface area contributed by atoms with Gasteiger partial charge in [-0.3, -0.25) is 0 Å². The molecule has 2 N–H and O–H groups in total. The molecule has 2 nitrogen and oxygen atoms in total. The smallest absolute Gasteiger partial charge is 0.0503 e. The van der Waals surface area contributed by atoms with E-state index in [1.54, 1.807) is 0 Å². The van der Waals surface area contributed by atoms with E-state index in [9.17, 15) is 5.11 Å². The lowest BCUT2D eigenvalue weighted by Gasteiger charge is -2.42. The number of benzene rings is 1. The average Bonchev–Trinajstić information content (AvgIpc) is 2.36. The van der Waals surface area contributed by atoms with E-state index >= 15 is 0 Å². The van der Waals surface area contributed by atoms with E-state index in [-0.39, 0.29) is 0 Å². The Kier molecular flexibility index (Phi) is 2.60. The van der Waals surface area contributed by atoms with Gasteiger partial charge in [0.1, 0.15) is 0 Å². The van der Waals surface area contributed by atoms with Gasteiger partial charge >= 0.3 is 0 Å². The second-order valence-corrected chi connectivity index (χ2v) is 5.08. The molecule has 0 saturated heterocycles. The normalized spacial score (nSPS) is 32.4. The van der Waals surface area contributed by atoms with Gasteiger partial charge in [-0.25, -0.2) is 0 Å². The van der Waals surface area contributed by atoms with Gasteiger partial charge in [-0.1, -0.05) is 31.0 Å². The largest absolute Gasteiger partial charge is 0.396 e. The molecule has 0 aromatic heterocycles. The maximum absolute atomic E-state index is 9.65. The quantitative estimate of drug-likeness (QED) is 0.758. The molecule has 0 amide bonds. The first-order valence-corrected chi connectivity index (χ1v) is 6.36. The lowest BCUT2D eigenvalue weighted by Crippen LogP contribution is -2.41. The van der Waals surface area contributed by atoms with Crippen LogP contribution >= 0.6 is 0 Å². The molecule has 3 atom stereocenters. The third-order valence-corrected chi connectivity index (χ3v) is 4.23. The number of aliphatic hydroxyl groups excluding tert-OH is 1. The highest BCUT2D eigenvalue weighted by Crippen LogP contribution is 2.43. The van der Waals surface area contributed by atoms with Gasteiger partial charge in [0.15, 0.2) is 0 Å². The maximum Gasteiger partial charge on any atom is 0.0503 e. The summed E-state index contributed by atoms with van der Waals surface area (Å²) in [6, 6.07) is 9.04. The standard InChI is InChI=1S/C14H19NO/c16-9-12-10-5-1-3-7-13(10)15-14-8-4-2-6-11(12)14/h1,3,5,7,11-12,14-16H,2,4,6,8-9H2. The molecule has 2 aliphatic rings. The van der Waals surface area contributed by atoms with Crippen LogP contribution in [0.15, 0.2) is 24.3 Å². The molecule has 16 heavy (non-hydrogen) atoms. The van der Waals surface area contributed by atoms with E-state index in [0.717, 1.165) is 0 Å². The van der Waals surface area contributed by atoms with Crippen LogP contribution in [0.25, 0.3) is 0 Å². The van der Waals surface area contributed by atoms with Crippen LogP contribution in [0.5, 0.6) is 0 Å². The first-order chi connectivity index (χ1) is 7.90. The zero-order valence-corrected chi connectivity index (χ0v) is 9.52. The van der Waals surface area contributed by atoms with Gasteiger partial charge < -0.3 is 10.4 Å². The molecule has 3 rings (SSSR count). The van der Waals surface area contributed by atoms with Crippen LogP contribution in [0.2, 0.25) is 0 Å². The van der Waals surface area contributed by atoms with E-state index in [0.29, 0.717) is 24.5 Å². The minimum Gasteiger partial charge on any atom is -0.396 e. The predicted octanol–water partition coefficient (Wildman–Crippen LogP) is 2.75. The molecule has 3 unspecified atom stereocenters. The Balaban J connectivity index is 1.99. The lowest BCUT2D eigenvalue weighted by atomic mass is 9.71. The van der Waals surface area contributed by atoms with E-state index in [4.69, 9.17) is 0 Å². The zero-order valence-electron chi connectivity index (χ0n) is 9.52. The first-order valence-electron chi connectivity index (χ1n) is 6.36. The van der Waals surface area contributed by atoms with Gasteiger partial charge in [0.2, 0.25) is 0 Å². The van der Waals surface area contributed by atoms with Crippen molar-refractivity contribution in [2.75, 3.05) is 11.9 Å². The summed E-state index contributed by atoms with van der Waals surface area (Å²) in [4.78, 5) is 0. The summed E-state index contributed by atoms with van der Waals surface area (Å²) in [5, 5.41) is 13.3. The van der Waals surface area contributed by atoms with Crippen LogP contribution in [0.3, 0.4) is 0 Å². The van der Waals surface area contributed by atoms with Crippen LogP contribution in [0, 0.1) is 5.92 Å². The number of hydrogen-bond acceptors (Lipinski definition) is 2. The number of para-hydroxylation sites is 1. The predicted molar refractivity (Wildman–Crippen MR) is 65.6 cm³/mol. The van der Waals surface area contributed by atoms with Gasteiger partial charge in [-0.2, -0.15) is 0 Å². The second kappa shape index (κ2) is 4.10. The van der Waals surface area contributed by atoms with Crippen LogP contribution < -0.4 is 5.32 Å². The molecular formula is C14H19NO. The fourth-order valence-corrected chi connectivity index (χ4v) is 3.44. The summed E-state index contributed by atoms with van der Waals surface area (Å²) in [6.07, 6.45) is 5.17. The van der Waals surface area contributed by atoms with E-state index < -0.39 is 0 Å². The Morgan fingerprint density at radius 1 is 1.19 bits per heavy atom. The monoisotopic (exact) mass is 217 g/mol. The number of rotatable bonds is 1. The molecule has 1 saturated carbocycles. The summed E-state index contributed by atoms with van der Waals surface area (Å²) in [5.74, 6) is 0.983. The van der Waals surface area contributed by atoms with Crippen molar-refractivity contribution in [2.45, 2.75) is 37.6 Å². The minimum absolute atomic E-state index is 0.292. The Hall–Kier alpha value is -1.02. The summed E-state index contributed by atoms with van der Waals surface area (Å²) in [6.45, 7) is 0.292. The number of nitrogens with one attached hydrogen (secondary N) is 1. The van der Waals surface area contributed by atoms with Gasteiger partial charge in [0, 0.05) is 17.6 Å². The summed E-state index contributed by atoms with van der Waals surface area (Å²) >= 11 is 0. The number of anilines is 1. The molecule has 0 radical (unpaired) electrons. The molecule has 1 aliphatic heterocycles. The third-order valence-electron chi connectivity index (χ3n) is 4.23. The van der Waals surface area contributed by atoms with E-state index in [1.807, 2.05) is 0 Å². The van der Waals surface area contributed by atoms with E-state index in [1.165, 1.54) is 36.9 Å². The van der Waals surface area contributed by atoms with Crippen molar-refractivity contribution < 1.29 is 5.11 Å². The molecule has 1 aromatic carbocycles. The molecule has 2 heteroatoms. The SMILES string of the molecule is OCC1c2ccccc2NC2CCCCC21. The van der Waals surface area contributed by atoms with Crippen LogP contribution in [-0.4, -0.2) is 17.8 Å². The van der Waals surface area contributed by atoms with Crippen molar-refractivity contribution >= 4 is 5.69 Å². The Morgan fingerprint density at radius 2 is 2.00 bits per heavy atom. The highest BCUT2D eigenvalue weighted by Gasteiger charge is 2.37. The van der Waals surface area contributed by atoms with Crippen molar-refractivity contribution in [1.82, 2.24) is 0 Å². The van der Waals surface area contributed by atoms with Gasteiger partial charge in [-0.15, -0.1) is 0 Å². The van der Waals surface area contributed by atoms with E-state index in [2.05, 4.69) is 29.6 Å². The van der Waals surface area contributed by atoms with Crippen molar-refractivity contribution in [3.05, 3.63) is 29.8 Å².